The minimum Gasteiger partial charge on any atom is -0.423 e. The van der Waals surface area contributed by atoms with Gasteiger partial charge in [-0.3, -0.25) is 0 Å². The summed E-state index contributed by atoms with van der Waals surface area (Å²) in [6, 6.07) is 4.92. The maximum atomic E-state index is 13.1. The van der Waals surface area contributed by atoms with Crippen molar-refractivity contribution < 1.29 is 9.04 Å². The summed E-state index contributed by atoms with van der Waals surface area (Å²) < 4.78 is 18.8. The molecule has 1 aromatic carbocycles. The van der Waals surface area contributed by atoms with Crippen molar-refractivity contribution in [1.82, 2.24) is 0 Å². The Labute approximate surface area is 94.7 Å². The van der Waals surface area contributed by atoms with Gasteiger partial charge in [0.05, 0.1) is 6.61 Å². The molecule has 1 aliphatic carbocycles. The van der Waals surface area contributed by atoms with Crippen molar-refractivity contribution in [1.29, 1.82) is 0 Å². The van der Waals surface area contributed by atoms with E-state index in [0.29, 0.717) is 6.61 Å². The van der Waals surface area contributed by atoms with Crippen molar-refractivity contribution in [2.24, 2.45) is 0 Å². The van der Waals surface area contributed by atoms with Gasteiger partial charge in [0.2, 0.25) is 0 Å². The highest BCUT2D eigenvalue weighted by atomic mass is 19.1. The number of benzene rings is 1. The van der Waals surface area contributed by atoms with Crippen LogP contribution in [0.1, 0.15) is 18.9 Å². The van der Waals surface area contributed by atoms with Gasteiger partial charge < -0.3 is 4.65 Å². The molecule has 3 rings (SSSR count). The van der Waals surface area contributed by atoms with Gasteiger partial charge in [-0.25, -0.2) is 4.39 Å². The van der Waals surface area contributed by atoms with Crippen LogP contribution in [0.4, 0.5) is 4.39 Å². The van der Waals surface area contributed by atoms with Gasteiger partial charge in [-0.15, -0.1) is 0 Å². The van der Waals surface area contributed by atoms with Crippen LogP contribution in [0, 0.1) is 5.82 Å². The van der Waals surface area contributed by atoms with Gasteiger partial charge in [-0.1, -0.05) is 23.8 Å². The van der Waals surface area contributed by atoms with Gasteiger partial charge in [0, 0.05) is 0 Å². The molecule has 0 spiro atoms. The molecule has 0 fully saturated rings. The van der Waals surface area contributed by atoms with Gasteiger partial charge in [0.1, 0.15) is 5.82 Å². The molecule has 0 N–H and O–H groups in total. The fourth-order valence-electron chi connectivity index (χ4n) is 2.43. The highest BCUT2D eigenvalue weighted by Crippen LogP contribution is 2.25. The van der Waals surface area contributed by atoms with E-state index in [4.69, 9.17) is 4.65 Å². The van der Waals surface area contributed by atoms with E-state index in [1.165, 1.54) is 17.1 Å². The fraction of sp³-hybridized carbons (Fsp3) is 0.231. The largest absolute Gasteiger partial charge is 0.423 e. The monoisotopic (exact) mass is 214 g/mol. The van der Waals surface area contributed by atoms with Crippen LogP contribution >= 0.6 is 0 Å². The lowest BCUT2D eigenvalue weighted by atomic mass is 9.54. The fourth-order valence-corrected chi connectivity index (χ4v) is 2.43. The maximum Gasteiger partial charge on any atom is 0.362 e. The minimum absolute atomic E-state index is 0.00866. The molecule has 0 radical (unpaired) electrons. The molecule has 0 bridgehead atoms. The third-order valence-electron chi connectivity index (χ3n) is 3.29. The van der Waals surface area contributed by atoms with Gasteiger partial charge in [0.15, 0.2) is 0 Å². The first-order chi connectivity index (χ1) is 7.75. The van der Waals surface area contributed by atoms with E-state index in [9.17, 15) is 4.39 Å². The Hall–Kier alpha value is -1.35. The summed E-state index contributed by atoms with van der Waals surface area (Å²) in [6.45, 7) is 2.63. The third kappa shape index (κ3) is 1.43. The molecule has 16 heavy (non-hydrogen) atoms. The molecule has 0 saturated carbocycles. The standard InChI is InChI=1S/C13H12BFO/c1-9-3-2-4-12(9)14-13-6-5-11(15)7-10(13)8-16-14/h3-7H,2,8H2,1H3. The van der Waals surface area contributed by atoms with Crippen molar-refractivity contribution in [3.8, 4) is 0 Å². The van der Waals surface area contributed by atoms with Crippen molar-refractivity contribution in [2.75, 3.05) is 0 Å². The van der Waals surface area contributed by atoms with Crippen LogP contribution < -0.4 is 5.46 Å². The average Bonchev–Trinajstić information content (AvgIpc) is 2.83. The van der Waals surface area contributed by atoms with Crippen LogP contribution in [0.15, 0.2) is 41.4 Å². The van der Waals surface area contributed by atoms with Crippen molar-refractivity contribution in [3.63, 3.8) is 0 Å². The lowest BCUT2D eigenvalue weighted by Crippen LogP contribution is -2.31. The first kappa shape index (κ1) is 9.85. The second-order valence-corrected chi connectivity index (χ2v) is 4.32. The topological polar surface area (TPSA) is 9.23 Å². The van der Waals surface area contributed by atoms with Gasteiger partial charge in [-0.05, 0) is 42.0 Å². The van der Waals surface area contributed by atoms with E-state index in [2.05, 4.69) is 19.1 Å². The molecule has 1 nitrogen and oxygen atoms in total. The Morgan fingerprint density at radius 2 is 2.19 bits per heavy atom. The summed E-state index contributed by atoms with van der Waals surface area (Å²) in [4.78, 5) is 0. The molecule has 0 atom stereocenters. The number of allylic oxidation sites excluding steroid dienone is 4. The normalized spacial score (nSPS) is 18.5. The second kappa shape index (κ2) is 3.60. The lowest BCUT2D eigenvalue weighted by Gasteiger charge is -2.09. The highest BCUT2D eigenvalue weighted by molar-refractivity contribution is 6.76. The number of hydrogen-bond acceptors (Lipinski definition) is 1. The van der Waals surface area contributed by atoms with Crippen LogP contribution in [-0.2, 0) is 11.3 Å². The van der Waals surface area contributed by atoms with Crippen LogP contribution in [0.2, 0.25) is 0 Å². The first-order valence-corrected chi connectivity index (χ1v) is 5.53. The molecule has 0 saturated heterocycles. The number of hydrogen-bond donors (Lipinski definition) is 0. The Morgan fingerprint density at radius 3 is 2.94 bits per heavy atom. The van der Waals surface area contributed by atoms with Gasteiger partial charge in [0.25, 0.3) is 0 Å². The first-order valence-electron chi connectivity index (χ1n) is 5.53. The lowest BCUT2D eigenvalue weighted by molar-refractivity contribution is 0.334. The number of fused-ring (bicyclic) bond motifs is 1. The Balaban J connectivity index is 2.01. The smallest absolute Gasteiger partial charge is 0.362 e. The predicted molar refractivity (Wildman–Crippen MR) is 63.0 cm³/mol. The summed E-state index contributed by atoms with van der Waals surface area (Å²) in [5, 5.41) is 0. The molecule has 0 aromatic heterocycles. The van der Waals surface area contributed by atoms with E-state index in [0.717, 1.165) is 17.4 Å². The summed E-state index contributed by atoms with van der Waals surface area (Å²) in [5.74, 6) is -0.185. The zero-order chi connectivity index (χ0) is 11.1. The maximum absolute atomic E-state index is 13.1. The Bertz CT molecular complexity index is 505. The number of halogens is 1. The zero-order valence-electron chi connectivity index (χ0n) is 9.16. The molecule has 2 aliphatic rings. The van der Waals surface area contributed by atoms with Crippen molar-refractivity contribution in [3.05, 3.63) is 52.8 Å². The van der Waals surface area contributed by atoms with Gasteiger partial charge >= 0.3 is 6.92 Å². The Kier molecular flexibility index (Phi) is 2.21. The van der Waals surface area contributed by atoms with Crippen LogP contribution in [-0.4, -0.2) is 6.92 Å². The summed E-state index contributed by atoms with van der Waals surface area (Å²) in [7, 11) is 0. The van der Waals surface area contributed by atoms with E-state index < -0.39 is 0 Å². The highest BCUT2D eigenvalue weighted by Gasteiger charge is 2.33. The predicted octanol–water partition coefficient (Wildman–Crippen LogP) is 2.37. The Morgan fingerprint density at radius 1 is 1.31 bits per heavy atom. The van der Waals surface area contributed by atoms with Crippen molar-refractivity contribution in [2.45, 2.75) is 20.0 Å². The van der Waals surface area contributed by atoms with Gasteiger partial charge in [-0.2, -0.15) is 0 Å². The van der Waals surface area contributed by atoms with Crippen LogP contribution in [0.25, 0.3) is 0 Å². The summed E-state index contributed by atoms with van der Waals surface area (Å²) in [5.41, 5.74) is 4.61. The SMILES string of the molecule is CC1=CCC=C1B1OCc2cc(F)ccc21. The molecule has 1 aliphatic heterocycles. The molecule has 1 aromatic rings. The number of rotatable bonds is 1. The van der Waals surface area contributed by atoms with E-state index in [1.807, 2.05) is 6.07 Å². The molecule has 0 unspecified atom stereocenters. The van der Waals surface area contributed by atoms with E-state index in [1.54, 1.807) is 6.07 Å². The molecule has 80 valence electrons. The van der Waals surface area contributed by atoms with E-state index >= 15 is 0 Å². The van der Waals surface area contributed by atoms with Crippen LogP contribution in [0.5, 0.6) is 0 Å². The minimum atomic E-state index is -0.185. The third-order valence-corrected chi connectivity index (χ3v) is 3.29. The van der Waals surface area contributed by atoms with E-state index in [-0.39, 0.29) is 12.7 Å². The van der Waals surface area contributed by atoms with Crippen molar-refractivity contribution >= 4 is 12.4 Å². The molecule has 0 amide bonds. The zero-order valence-corrected chi connectivity index (χ0v) is 9.16. The quantitative estimate of drug-likeness (QED) is 0.652. The van der Waals surface area contributed by atoms with Crippen LogP contribution in [0.3, 0.4) is 0 Å². The second-order valence-electron chi connectivity index (χ2n) is 4.32. The molecule has 1 heterocycles. The molecular formula is C13H12BFO. The average molecular weight is 214 g/mol. The summed E-state index contributed by atoms with van der Waals surface area (Å²) >= 11 is 0. The molecule has 3 heteroatoms. The summed E-state index contributed by atoms with van der Waals surface area (Å²) in [6.07, 6.45) is 5.37. The molecular weight excluding hydrogens is 202 g/mol.